The summed E-state index contributed by atoms with van der Waals surface area (Å²) in [5.74, 6) is -0.956. The molecule has 0 aliphatic rings. The summed E-state index contributed by atoms with van der Waals surface area (Å²) in [6, 6.07) is 6.02. The van der Waals surface area contributed by atoms with Crippen molar-refractivity contribution < 1.29 is 28.5 Å². The molecule has 1 rings (SSSR count). The van der Waals surface area contributed by atoms with Gasteiger partial charge in [-0.2, -0.15) is 0 Å². The Morgan fingerprint density at radius 1 is 0.900 bits per heavy atom. The van der Waals surface area contributed by atoms with E-state index >= 15 is 0 Å². The number of carbonyl (C=O) groups excluding carboxylic acids is 2. The van der Waals surface area contributed by atoms with Crippen molar-refractivity contribution in [2.45, 2.75) is 6.10 Å². The number of rotatable bonds is 7. The highest BCUT2D eigenvalue weighted by Crippen LogP contribution is 2.09. The zero-order chi connectivity index (χ0) is 15.0. The second kappa shape index (κ2) is 8.29. The minimum atomic E-state index is -0.500. The highest BCUT2D eigenvalue weighted by Gasteiger charge is 2.16. The molecule has 6 nitrogen and oxygen atoms in total. The first-order valence-corrected chi connectivity index (χ1v) is 5.99. The Morgan fingerprint density at radius 3 is 1.75 bits per heavy atom. The highest BCUT2D eigenvalue weighted by molar-refractivity contribution is 5.93. The summed E-state index contributed by atoms with van der Waals surface area (Å²) in [7, 11) is 4.33. The number of benzene rings is 1. The lowest BCUT2D eigenvalue weighted by atomic mass is 10.1. The van der Waals surface area contributed by atoms with Gasteiger partial charge in [0.15, 0.2) is 0 Å². The average Bonchev–Trinajstić information content (AvgIpc) is 2.47. The van der Waals surface area contributed by atoms with Crippen molar-refractivity contribution in [3.05, 3.63) is 35.4 Å². The van der Waals surface area contributed by atoms with E-state index in [0.29, 0.717) is 11.1 Å². The molecule has 0 amide bonds. The van der Waals surface area contributed by atoms with Crippen molar-refractivity contribution in [2.24, 2.45) is 0 Å². The van der Waals surface area contributed by atoms with Crippen molar-refractivity contribution in [2.75, 3.05) is 34.5 Å². The molecule has 110 valence electrons. The third-order valence-corrected chi connectivity index (χ3v) is 2.52. The molecule has 1 aromatic rings. The summed E-state index contributed by atoms with van der Waals surface area (Å²) in [4.78, 5) is 23.2. The van der Waals surface area contributed by atoms with Crippen molar-refractivity contribution >= 4 is 11.9 Å². The fourth-order valence-corrected chi connectivity index (χ4v) is 1.57. The van der Waals surface area contributed by atoms with Crippen LogP contribution in [0, 0.1) is 0 Å². The minimum absolute atomic E-state index is 0.250. The van der Waals surface area contributed by atoms with E-state index in [-0.39, 0.29) is 13.2 Å². The van der Waals surface area contributed by atoms with E-state index < -0.39 is 18.0 Å². The van der Waals surface area contributed by atoms with Gasteiger partial charge in [0.25, 0.3) is 0 Å². The van der Waals surface area contributed by atoms with Gasteiger partial charge < -0.3 is 18.9 Å². The van der Waals surface area contributed by atoms with Crippen molar-refractivity contribution in [3.63, 3.8) is 0 Å². The Labute approximate surface area is 117 Å². The topological polar surface area (TPSA) is 71.1 Å². The van der Waals surface area contributed by atoms with Crippen molar-refractivity contribution in [1.29, 1.82) is 0 Å². The van der Waals surface area contributed by atoms with Gasteiger partial charge in [-0.3, -0.25) is 0 Å². The number of ether oxygens (including phenoxy) is 4. The third-order valence-electron chi connectivity index (χ3n) is 2.52. The lowest BCUT2D eigenvalue weighted by molar-refractivity contribution is -0.0223. The number of esters is 2. The molecule has 0 spiro atoms. The van der Waals surface area contributed by atoms with Crippen LogP contribution in [0.4, 0.5) is 0 Å². The molecule has 0 saturated carbocycles. The standard InChI is InChI=1S/C14H18O6/c1-17-8-12(9-18-2)20-14(16)11-6-4-10(5-7-11)13(15)19-3/h4-7,12H,8-9H2,1-3H3. The van der Waals surface area contributed by atoms with Crippen LogP contribution in [0.5, 0.6) is 0 Å². The van der Waals surface area contributed by atoms with E-state index in [1.54, 1.807) is 0 Å². The second-order valence-corrected chi connectivity index (χ2v) is 4.01. The number of carbonyl (C=O) groups is 2. The van der Waals surface area contributed by atoms with E-state index in [4.69, 9.17) is 14.2 Å². The summed E-state index contributed by atoms with van der Waals surface area (Å²) >= 11 is 0. The second-order valence-electron chi connectivity index (χ2n) is 4.01. The monoisotopic (exact) mass is 282 g/mol. The summed E-state index contributed by atoms with van der Waals surface area (Å²) in [6.45, 7) is 0.500. The van der Waals surface area contributed by atoms with Gasteiger partial charge in [-0.1, -0.05) is 0 Å². The molecule has 6 heteroatoms. The summed E-state index contributed by atoms with van der Waals surface area (Å²) in [5, 5.41) is 0. The molecule has 1 aromatic carbocycles. The Balaban J connectivity index is 2.69. The lowest BCUT2D eigenvalue weighted by Crippen LogP contribution is -2.27. The maximum Gasteiger partial charge on any atom is 0.338 e. The van der Waals surface area contributed by atoms with Crippen LogP contribution in [0.25, 0.3) is 0 Å². The normalized spacial score (nSPS) is 10.4. The number of methoxy groups -OCH3 is 3. The van der Waals surface area contributed by atoms with Crippen LogP contribution in [0.15, 0.2) is 24.3 Å². The molecule has 0 unspecified atom stereocenters. The maximum absolute atomic E-state index is 11.9. The molecular formula is C14H18O6. The zero-order valence-corrected chi connectivity index (χ0v) is 11.8. The van der Waals surface area contributed by atoms with Gasteiger partial charge >= 0.3 is 11.9 Å². The molecule has 0 heterocycles. The zero-order valence-electron chi connectivity index (χ0n) is 11.8. The van der Waals surface area contributed by atoms with Gasteiger partial charge in [-0.15, -0.1) is 0 Å². The predicted molar refractivity (Wildman–Crippen MR) is 70.7 cm³/mol. The summed E-state index contributed by atoms with van der Waals surface area (Å²) in [6.07, 6.45) is -0.474. The minimum Gasteiger partial charge on any atom is -0.465 e. The molecule has 0 aliphatic heterocycles. The van der Waals surface area contributed by atoms with Crippen LogP contribution in [-0.2, 0) is 18.9 Å². The maximum atomic E-state index is 11.9. The van der Waals surface area contributed by atoms with Crippen LogP contribution < -0.4 is 0 Å². The quantitative estimate of drug-likeness (QED) is 0.702. The SMILES string of the molecule is COCC(COC)OC(=O)c1ccc(C(=O)OC)cc1. The molecule has 0 aromatic heterocycles. The van der Waals surface area contributed by atoms with Crippen LogP contribution in [0.2, 0.25) is 0 Å². The third kappa shape index (κ3) is 4.64. The first-order chi connectivity index (χ1) is 9.62. The van der Waals surface area contributed by atoms with E-state index in [2.05, 4.69) is 4.74 Å². The van der Waals surface area contributed by atoms with E-state index in [9.17, 15) is 9.59 Å². The Hall–Kier alpha value is -1.92. The van der Waals surface area contributed by atoms with Crippen LogP contribution in [-0.4, -0.2) is 52.6 Å². The molecule has 0 fully saturated rings. The van der Waals surface area contributed by atoms with Gasteiger partial charge in [0.1, 0.15) is 6.10 Å². The summed E-state index contributed by atoms with van der Waals surface area (Å²) < 4.78 is 19.7. The van der Waals surface area contributed by atoms with Gasteiger partial charge in [-0.25, -0.2) is 9.59 Å². The molecule has 0 N–H and O–H groups in total. The average molecular weight is 282 g/mol. The van der Waals surface area contributed by atoms with Crippen LogP contribution >= 0.6 is 0 Å². The number of hydrogen-bond acceptors (Lipinski definition) is 6. The Kier molecular flexibility index (Phi) is 6.69. The highest BCUT2D eigenvalue weighted by atomic mass is 16.6. The lowest BCUT2D eigenvalue weighted by Gasteiger charge is -2.16. The first-order valence-electron chi connectivity index (χ1n) is 5.99. The Morgan fingerprint density at radius 2 is 1.35 bits per heavy atom. The van der Waals surface area contributed by atoms with Gasteiger partial charge in [0.2, 0.25) is 0 Å². The predicted octanol–water partition coefficient (Wildman–Crippen LogP) is 1.29. The first kappa shape index (κ1) is 16.1. The molecule has 0 atom stereocenters. The van der Waals surface area contributed by atoms with Crippen molar-refractivity contribution in [1.82, 2.24) is 0 Å². The van der Waals surface area contributed by atoms with E-state index in [1.165, 1.54) is 45.6 Å². The fourth-order valence-electron chi connectivity index (χ4n) is 1.57. The largest absolute Gasteiger partial charge is 0.465 e. The smallest absolute Gasteiger partial charge is 0.338 e. The molecule has 20 heavy (non-hydrogen) atoms. The fraction of sp³-hybridized carbons (Fsp3) is 0.429. The van der Waals surface area contributed by atoms with Gasteiger partial charge in [0, 0.05) is 14.2 Å². The van der Waals surface area contributed by atoms with Gasteiger partial charge in [0.05, 0.1) is 31.5 Å². The van der Waals surface area contributed by atoms with Crippen LogP contribution in [0.1, 0.15) is 20.7 Å². The summed E-state index contributed by atoms with van der Waals surface area (Å²) in [5.41, 5.74) is 0.712. The van der Waals surface area contributed by atoms with Crippen molar-refractivity contribution in [3.8, 4) is 0 Å². The van der Waals surface area contributed by atoms with Crippen LogP contribution in [0.3, 0.4) is 0 Å². The van der Waals surface area contributed by atoms with E-state index in [0.717, 1.165) is 0 Å². The molecule has 0 saturated heterocycles. The molecular weight excluding hydrogens is 264 g/mol. The van der Waals surface area contributed by atoms with Gasteiger partial charge in [-0.05, 0) is 24.3 Å². The number of hydrogen-bond donors (Lipinski definition) is 0. The molecule has 0 radical (unpaired) electrons. The van der Waals surface area contributed by atoms with E-state index in [1.807, 2.05) is 0 Å². The Bertz CT molecular complexity index is 433. The molecule has 0 bridgehead atoms. The molecule has 0 aliphatic carbocycles.